The van der Waals surface area contributed by atoms with Crippen LogP contribution < -0.4 is 0 Å². The minimum Gasteiger partial charge on any atom is -0.0835 e. The van der Waals surface area contributed by atoms with Crippen molar-refractivity contribution in [2.45, 2.75) is 33.1 Å². The van der Waals surface area contributed by atoms with Crippen LogP contribution in [0, 0.1) is 5.41 Å². The first-order valence-corrected chi connectivity index (χ1v) is 10.1. The van der Waals surface area contributed by atoms with Gasteiger partial charge in [0.05, 0.1) is 0 Å². The fourth-order valence-electron chi connectivity index (χ4n) is 4.19. The van der Waals surface area contributed by atoms with Crippen LogP contribution in [0.5, 0.6) is 0 Å². The molecule has 28 heavy (non-hydrogen) atoms. The minimum absolute atomic E-state index is 0.151. The molecule has 140 valence electrons. The van der Waals surface area contributed by atoms with E-state index in [2.05, 4.69) is 118 Å². The Kier molecular flexibility index (Phi) is 5.05. The third-order valence-electron chi connectivity index (χ3n) is 5.65. The number of hydrogen-bond donors (Lipinski definition) is 0. The van der Waals surface area contributed by atoms with Gasteiger partial charge in [-0.25, -0.2) is 0 Å². The van der Waals surface area contributed by atoms with E-state index < -0.39 is 0 Å². The Bertz CT molecular complexity index is 981. The summed E-state index contributed by atoms with van der Waals surface area (Å²) < 4.78 is 0. The predicted octanol–water partition coefficient (Wildman–Crippen LogP) is 7.90. The van der Waals surface area contributed by atoms with Crippen molar-refractivity contribution in [3.8, 4) is 11.1 Å². The quantitative estimate of drug-likeness (QED) is 0.414. The fraction of sp³-hybridized carbons (Fsp3) is 0.214. The lowest BCUT2D eigenvalue weighted by Crippen LogP contribution is -2.17. The standard InChI is InChI=1S/C28H28/c1-28(2,3)26-16-10-15-25(27(26)24-13-8-5-9-14-24)23-19-17-22(18-20-23)21-11-6-4-7-12-21/h4-15,17-20,25H,16H2,1-3H3. The maximum Gasteiger partial charge on any atom is 0.0275 e. The molecule has 0 nitrogen and oxygen atoms in total. The molecule has 1 aliphatic rings. The van der Waals surface area contributed by atoms with Gasteiger partial charge in [0.2, 0.25) is 0 Å². The summed E-state index contributed by atoms with van der Waals surface area (Å²) in [5.74, 6) is 0.301. The minimum atomic E-state index is 0.151. The van der Waals surface area contributed by atoms with Gasteiger partial charge in [-0.2, -0.15) is 0 Å². The smallest absolute Gasteiger partial charge is 0.0275 e. The Balaban J connectivity index is 1.78. The molecular formula is C28H28. The molecule has 0 radical (unpaired) electrons. The highest BCUT2D eigenvalue weighted by atomic mass is 14.3. The van der Waals surface area contributed by atoms with Crippen molar-refractivity contribution in [3.63, 3.8) is 0 Å². The van der Waals surface area contributed by atoms with E-state index >= 15 is 0 Å². The predicted molar refractivity (Wildman–Crippen MR) is 121 cm³/mol. The maximum absolute atomic E-state index is 2.38. The second-order valence-corrected chi connectivity index (χ2v) is 8.61. The molecule has 0 N–H and O–H groups in total. The Morgan fingerprint density at radius 2 is 1.18 bits per heavy atom. The van der Waals surface area contributed by atoms with Crippen LogP contribution in [0.1, 0.15) is 44.2 Å². The molecule has 1 atom stereocenters. The van der Waals surface area contributed by atoms with Crippen LogP contribution in [0.15, 0.2) is 103 Å². The van der Waals surface area contributed by atoms with Gasteiger partial charge in [-0.1, -0.05) is 123 Å². The van der Waals surface area contributed by atoms with Gasteiger partial charge in [0.1, 0.15) is 0 Å². The second-order valence-electron chi connectivity index (χ2n) is 8.61. The summed E-state index contributed by atoms with van der Waals surface area (Å²) in [7, 11) is 0. The number of hydrogen-bond acceptors (Lipinski definition) is 0. The Morgan fingerprint density at radius 1 is 0.643 bits per heavy atom. The summed E-state index contributed by atoms with van der Waals surface area (Å²) in [6.45, 7) is 7.00. The topological polar surface area (TPSA) is 0 Å². The zero-order chi connectivity index (χ0) is 19.6. The fourth-order valence-corrected chi connectivity index (χ4v) is 4.19. The Morgan fingerprint density at radius 3 is 1.75 bits per heavy atom. The van der Waals surface area contributed by atoms with Gasteiger partial charge in [-0.3, -0.25) is 0 Å². The molecule has 0 fully saturated rings. The second kappa shape index (κ2) is 7.64. The van der Waals surface area contributed by atoms with E-state index in [1.165, 1.54) is 27.8 Å². The lowest BCUT2D eigenvalue weighted by molar-refractivity contribution is 0.492. The van der Waals surface area contributed by atoms with Crippen LogP contribution in [0.4, 0.5) is 0 Å². The Hall–Kier alpha value is -2.86. The van der Waals surface area contributed by atoms with Crippen LogP contribution in [0.3, 0.4) is 0 Å². The van der Waals surface area contributed by atoms with E-state index in [0.29, 0.717) is 5.92 Å². The van der Waals surface area contributed by atoms with Crippen molar-refractivity contribution in [1.29, 1.82) is 0 Å². The first-order chi connectivity index (χ1) is 13.5. The molecule has 3 aromatic rings. The molecule has 0 saturated carbocycles. The summed E-state index contributed by atoms with van der Waals surface area (Å²) in [5, 5.41) is 0. The van der Waals surface area contributed by atoms with Crippen LogP contribution in [-0.2, 0) is 0 Å². The van der Waals surface area contributed by atoms with E-state index in [1.54, 1.807) is 5.57 Å². The molecule has 0 heteroatoms. The average molecular weight is 365 g/mol. The highest BCUT2D eigenvalue weighted by Crippen LogP contribution is 2.45. The monoisotopic (exact) mass is 364 g/mol. The first kappa shape index (κ1) is 18.5. The van der Waals surface area contributed by atoms with E-state index in [1.807, 2.05) is 0 Å². The molecule has 1 aliphatic carbocycles. The van der Waals surface area contributed by atoms with Crippen molar-refractivity contribution in [2.24, 2.45) is 5.41 Å². The zero-order valence-corrected chi connectivity index (χ0v) is 17.0. The van der Waals surface area contributed by atoms with Gasteiger partial charge < -0.3 is 0 Å². The molecule has 1 unspecified atom stereocenters. The van der Waals surface area contributed by atoms with Crippen molar-refractivity contribution >= 4 is 5.57 Å². The normalized spacial score (nSPS) is 17.0. The van der Waals surface area contributed by atoms with Crippen LogP contribution in [0.25, 0.3) is 16.7 Å². The summed E-state index contributed by atoms with van der Waals surface area (Å²) in [6.07, 6.45) is 5.77. The lowest BCUT2D eigenvalue weighted by atomic mass is 9.71. The molecule has 4 rings (SSSR count). The van der Waals surface area contributed by atoms with Crippen LogP contribution in [0.2, 0.25) is 0 Å². The van der Waals surface area contributed by atoms with Crippen LogP contribution in [-0.4, -0.2) is 0 Å². The van der Waals surface area contributed by atoms with Crippen molar-refractivity contribution in [1.82, 2.24) is 0 Å². The number of allylic oxidation sites excluding steroid dienone is 4. The highest BCUT2D eigenvalue weighted by Gasteiger charge is 2.28. The van der Waals surface area contributed by atoms with E-state index in [9.17, 15) is 0 Å². The Labute approximate surface area is 169 Å². The molecular weight excluding hydrogens is 336 g/mol. The molecule has 0 saturated heterocycles. The highest BCUT2D eigenvalue weighted by molar-refractivity contribution is 5.78. The van der Waals surface area contributed by atoms with Gasteiger partial charge in [0.25, 0.3) is 0 Å². The van der Waals surface area contributed by atoms with Gasteiger partial charge in [0.15, 0.2) is 0 Å². The van der Waals surface area contributed by atoms with Gasteiger partial charge in [-0.15, -0.1) is 0 Å². The third-order valence-corrected chi connectivity index (χ3v) is 5.65. The van der Waals surface area contributed by atoms with Crippen molar-refractivity contribution in [3.05, 3.63) is 114 Å². The molecule has 3 aromatic carbocycles. The summed E-state index contributed by atoms with van der Waals surface area (Å²) in [4.78, 5) is 0. The van der Waals surface area contributed by atoms with Gasteiger partial charge in [-0.05, 0) is 39.7 Å². The molecule has 0 heterocycles. The molecule has 0 spiro atoms. The average Bonchev–Trinajstić information content (AvgIpc) is 2.74. The van der Waals surface area contributed by atoms with Gasteiger partial charge in [0, 0.05) is 5.92 Å². The summed E-state index contributed by atoms with van der Waals surface area (Å²) >= 11 is 0. The van der Waals surface area contributed by atoms with Gasteiger partial charge >= 0.3 is 0 Å². The largest absolute Gasteiger partial charge is 0.0835 e. The number of rotatable bonds is 3. The molecule has 0 aliphatic heterocycles. The van der Waals surface area contributed by atoms with E-state index in [-0.39, 0.29) is 5.41 Å². The SMILES string of the molecule is CC(C)(C)C1=C(c2ccccc2)C(c2ccc(-c3ccccc3)cc2)C=CC1. The number of benzene rings is 3. The maximum atomic E-state index is 2.38. The van der Waals surface area contributed by atoms with Crippen LogP contribution >= 0.6 is 0 Å². The third kappa shape index (κ3) is 3.73. The summed E-state index contributed by atoms with van der Waals surface area (Å²) in [6, 6.07) is 30.6. The summed E-state index contributed by atoms with van der Waals surface area (Å²) in [5.41, 5.74) is 8.40. The zero-order valence-electron chi connectivity index (χ0n) is 17.0. The van der Waals surface area contributed by atoms with Crippen molar-refractivity contribution in [2.75, 3.05) is 0 Å². The molecule has 0 bridgehead atoms. The van der Waals surface area contributed by atoms with E-state index in [0.717, 1.165) is 6.42 Å². The molecule has 0 amide bonds. The molecule has 0 aromatic heterocycles. The first-order valence-electron chi connectivity index (χ1n) is 10.1. The van der Waals surface area contributed by atoms with Crippen molar-refractivity contribution < 1.29 is 0 Å². The lowest BCUT2D eigenvalue weighted by Gasteiger charge is -2.33. The van der Waals surface area contributed by atoms with E-state index in [4.69, 9.17) is 0 Å².